The van der Waals surface area contributed by atoms with E-state index in [1.165, 1.54) is 12.1 Å². The van der Waals surface area contributed by atoms with Crippen molar-refractivity contribution in [2.75, 3.05) is 13.3 Å². The van der Waals surface area contributed by atoms with Crippen LogP contribution in [0, 0.1) is 10.8 Å². The highest BCUT2D eigenvalue weighted by Gasteiger charge is 2.28. The van der Waals surface area contributed by atoms with Crippen molar-refractivity contribution < 1.29 is 24.2 Å². The van der Waals surface area contributed by atoms with E-state index in [1.807, 2.05) is 29.2 Å². The Balaban J connectivity index is 1.35. The first kappa shape index (κ1) is 21.6. The van der Waals surface area contributed by atoms with Gasteiger partial charge in [0.15, 0.2) is 11.5 Å². The van der Waals surface area contributed by atoms with Crippen molar-refractivity contribution in [3.63, 3.8) is 0 Å². The summed E-state index contributed by atoms with van der Waals surface area (Å²) in [5.41, 5.74) is 2.86. The average Bonchev–Trinajstić information content (AvgIpc) is 3.56. The lowest BCUT2D eigenvalue weighted by atomic mass is 10.0. The van der Waals surface area contributed by atoms with Crippen molar-refractivity contribution in [2.45, 2.75) is 19.4 Å². The van der Waals surface area contributed by atoms with Gasteiger partial charge in [0, 0.05) is 23.8 Å². The number of nitrogens with zero attached hydrogens (tertiary/aromatic N) is 2. The van der Waals surface area contributed by atoms with Gasteiger partial charge in [0.1, 0.15) is 5.75 Å². The molecule has 0 unspecified atom stereocenters. The van der Waals surface area contributed by atoms with Gasteiger partial charge in [-0.05, 0) is 65.8 Å². The van der Waals surface area contributed by atoms with Crippen LogP contribution in [0.2, 0.25) is 0 Å². The molecule has 3 aromatic carbocycles. The fourth-order valence-corrected chi connectivity index (χ4v) is 4.00. The predicted octanol–water partition coefficient (Wildman–Crippen LogP) is 4.75. The Morgan fingerprint density at radius 2 is 1.68 bits per heavy atom. The lowest BCUT2D eigenvalue weighted by Crippen LogP contribution is -2.32. The smallest absolute Gasteiger partial charge is 0.320 e. The number of aromatic hydroxyl groups is 1. The summed E-state index contributed by atoms with van der Waals surface area (Å²) in [5.74, 6) is 0.382. The van der Waals surface area contributed by atoms with Gasteiger partial charge in [0.25, 0.3) is 5.91 Å². The molecule has 8 nitrogen and oxygen atoms in total. The monoisotopic (exact) mass is 458 g/mol. The number of hydrogen-bond donors (Lipinski definition) is 1. The summed E-state index contributed by atoms with van der Waals surface area (Å²) < 4.78 is 10.8. The van der Waals surface area contributed by atoms with Crippen LogP contribution in [0.4, 0.5) is 0 Å². The third kappa shape index (κ3) is 4.47. The van der Waals surface area contributed by atoms with E-state index in [2.05, 4.69) is 5.18 Å². The highest BCUT2D eigenvalue weighted by Crippen LogP contribution is 2.34. The molecule has 0 bridgehead atoms. The lowest BCUT2D eigenvalue weighted by Gasteiger charge is -2.23. The number of carbonyl (C=O) groups is 2. The lowest BCUT2D eigenvalue weighted by molar-refractivity contribution is 0.0734. The minimum Gasteiger partial charge on any atom is -0.507 e. The van der Waals surface area contributed by atoms with Crippen LogP contribution in [0.25, 0.3) is 11.1 Å². The van der Waals surface area contributed by atoms with E-state index in [9.17, 15) is 19.6 Å². The molecule has 1 saturated carbocycles. The summed E-state index contributed by atoms with van der Waals surface area (Å²) in [7, 11) is 0. The number of benzene rings is 3. The molecule has 1 N–H and O–H groups in total. The highest BCUT2D eigenvalue weighted by molar-refractivity contribution is 5.98. The second kappa shape index (κ2) is 8.97. The Morgan fingerprint density at radius 3 is 2.41 bits per heavy atom. The van der Waals surface area contributed by atoms with Crippen LogP contribution < -0.4 is 9.47 Å². The van der Waals surface area contributed by atoms with E-state index in [0.29, 0.717) is 41.6 Å². The van der Waals surface area contributed by atoms with E-state index in [1.54, 1.807) is 24.3 Å². The molecule has 8 heteroatoms. The molecular formula is C26H22N2O6. The van der Waals surface area contributed by atoms with Gasteiger partial charge >= 0.3 is 5.91 Å². The molecule has 0 aromatic heterocycles. The topological polar surface area (TPSA) is 106 Å². The molecule has 172 valence electrons. The molecule has 2 amide bonds. The Kier molecular flexibility index (Phi) is 5.71. The third-order valence-corrected chi connectivity index (χ3v) is 6.05. The number of phenols is 1. The fourth-order valence-electron chi connectivity index (χ4n) is 4.00. The number of nitroso groups, excluding NO2 is 1. The van der Waals surface area contributed by atoms with E-state index in [4.69, 9.17) is 9.47 Å². The van der Waals surface area contributed by atoms with Crippen LogP contribution in [0.3, 0.4) is 0 Å². The van der Waals surface area contributed by atoms with E-state index >= 15 is 0 Å². The number of rotatable bonds is 7. The Hall–Kier alpha value is -4.20. The molecule has 1 aliphatic heterocycles. The van der Waals surface area contributed by atoms with Crippen LogP contribution in [-0.4, -0.2) is 35.2 Å². The van der Waals surface area contributed by atoms with Crippen LogP contribution in [0.5, 0.6) is 17.2 Å². The van der Waals surface area contributed by atoms with Crippen LogP contribution in [-0.2, 0) is 6.54 Å². The van der Waals surface area contributed by atoms with Crippen LogP contribution in [0.15, 0.2) is 65.8 Å². The first-order valence-corrected chi connectivity index (χ1v) is 11.0. The second-order valence-corrected chi connectivity index (χ2v) is 8.52. The summed E-state index contributed by atoms with van der Waals surface area (Å²) in [5, 5.41) is 12.2. The van der Waals surface area contributed by atoms with Crippen molar-refractivity contribution in [1.29, 1.82) is 0 Å². The third-order valence-electron chi connectivity index (χ3n) is 6.05. The van der Waals surface area contributed by atoms with Gasteiger partial charge in [-0.3, -0.25) is 9.59 Å². The summed E-state index contributed by atoms with van der Waals surface area (Å²) in [4.78, 5) is 37.4. The molecule has 1 heterocycles. The van der Waals surface area contributed by atoms with Gasteiger partial charge in [-0.2, -0.15) is 0 Å². The minimum atomic E-state index is -1.02. The van der Waals surface area contributed by atoms with Gasteiger partial charge in [-0.1, -0.05) is 30.3 Å². The normalized spacial score (nSPS) is 14.0. The highest BCUT2D eigenvalue weighted by atomic mass is 16.7. The molecule has 0 saturated heterocycles. The van der Waals surface area contributed by atoms with Crippen molar-refractivity contribution in [3.8, 4) is 28.4 Å². The number of amides is 2. The van der Waals surface area contributed by atoms with Gasteiger partial charge in [0.05, 0.1) is 5.56 Å². The molecular weight excluding hydrogens is 436 g/mol. The molecule has 5 rings (SSSR count). The Labute approximate surface area is 195 Å². The van der Waals surface area contributed by atoms with Gasteiger partial charge in [0.2, 0.25) is 6.79 Å². The van der Waals surface area contributed by atoms with Gasteiger partial charge in [-0.15, -0.1) is 4.91 Å². The zero-order valence-corrected chi connectivity index (χ0v) is 18.3. The quantitative estimate of drug-likeness (QED) is 0.513. The van der Waals surface area contributed by atoms with Crippen molar-refractivity contribution >= 4 is 11.8 Å². The molecule has 1 fully saturated rings. The summed E-state index contributed by atoms with van der Waals surface area (Å²) in [6.45, 7) is 1.31. The molecule has 2 aliphatic rings. The van der Waals surface area contributed by atoms with Crippen LogP contribution in [0.1, 0.15) is 39.1 Å². The molecule has 0 spiro atoms. The number of phenolic OH excluding ortho intramolecular Hbond substituents is 1. The summed E-state index contributed by atoms with van der Waals surface area (Å²) in [6.07, 6.45) is 2.25. The number of carbonyl (C=O) groups excluding carboxylic acids is 2. The molecule has 1 aliphatic carbocycles. The van der Waals surface area contributed by atoms with Gasteiger partial charge < -0.3 is 19.5 Å². The first-order chi connectivity index (χ1) is 16.5. The molecule has 34 heavy (non-hydrogen) atoms. The van der Waals surface area contributed by atoms with Crippen LogP contribution >= 0.6 is 0 Å². The second-order valence-electron chi connectivity index (χ2n) is 8.52. The number of fused-ring (bicyclic) bond motifs is 1. The molecule has 0 radical (unpaired) electrons. The first-order valence-electron chi connectivity index (χ1n) is 11.0. The summed E-state index contributed by atoms with van der Waals surface area (Å²) >= 11 is 0. The zero-order valence-electron chi connectivity index (χ0n) is 18.3. The van der Waals surface area contributed by atoms with Crippen molar-refractivity contribution in [2.24, 2.45) is 11.1 Å². The zero-order chi connectivity index (χ0) is 23.7. The Morgan fingerprint density at radius 1 is 0.941 bits per heavy atom. The number of ether oxygens (including phenoxy) is 2. The standard InChI is InChI=1S/C26H22N2O6/c29-22-9-7-19(11-21(22)25(30)27-32)18-5-3-17(4-6-18)14-28(13-16-1-2-16)26(31)20-8-10-23-24(12-20)34-15-33-23/h3-12,16,29H,1-2,13-15H2. The van der Waals surface area contributed by atoms with Crippen molar-refractivity contribution in [1.82, 2.24) is 4.90 Å². The largest absolute Gasteiger partial charge is 0.507 e. The molecule has 0 atom stereocenters. The minimum absolute atomic E-state index is 0.0580. The van der Waals surface area contributed by atoms with E-state index in [-0.39, 0.29) is 24.0 Å². The Bertz CT molecular complexity index is 1270. The SMILES string of the molecule is O=NC(=O)c1cc(-c2ccc(CN(CC3CC3)C(=O)c3ccc4c(c3)OCO4)cc2)ccc1O. The molecule has 3 aromatic rings. The maximum atomic E-state index is 13.3. The predicted molar refractivity (Wildman–Crippen MR) is 124 cm³/mol. The van der Waals surface area contributed by atoms with Gasteiger partial charge in [-0.25, -0.2) is 0 Å². The number of hydrogen-bond acceptors (Lipinski definition) is 6. The maximum absolute atomic E-state index is 13.3. The average molecular weight is 458 g/mol. The fraction of sp³-hybridized carbons (Fsp3) is 0.231. The van der Waals surface area contributed by atoms with E-state index < -0.39 is 5.91 Å². The van der Waals surface area contributed by atoms with Crippen molar-refractivity contribution in [3.05, 3.63) is 82.3 Å². The summed E-state index contributed by atoms with van der Waals surface area (Å²) in [6, 6.07) is 17.3. The maximum Gasteiger partial charge on any atom is 0.320 e. The van der Waals surface area contributed by atoms with E-state index in [0.717, 1.165) is 24.0 Å².